The summed E-state index contributed by atoms with van der Waals surface area (Å²) in [4.78, 5) is 2.27. The first-order valence-electron chi connectivity index (χ1n) is 6.38. The lowest BCUT2D eigenvalue weighted by atomic mass is 9.97. The normalized spacial score (nSPS) is 18.2. The Bertz CT molecular complexity index is 417. The molecule has 1 N–H and O–H groups in total. The number of aliphatic hydroxyl groups excluding tert-OH is 1. The molecule has 0 bridgehead atoms. The molecule has 1 aromatic carbocycles. The largest absolute Gasteiger partial charge is 0.396 e. The molecule has 0 aromatic heterocycles. The number of aryl methyl sites for hydroxylation is 1. The van der Waals surface area contributed by atoms with Crippen LogP contribution in [0, 0.1) is 18.7 Å². The number of nitrogens with zero attached hydrogens (tertiary/aromatic N) is 1. The van der Waals surface area contributed by atoms with Crippen LogP contribution >= 0.6 is 11.6 Å². The second-order valence-corrected chi connectivity index (χ2v) is 5.50. The molecule has 0 amide bonds. The molecule has 0 radical (unpaired) electrons. The maximum Gasteiger partial charge on any atom is 0.126 e. The van der Waals surface area contributed by atoms with Crippen LogP contribution in [0.1, 0.15) is 24.0 Å². The third-order valence-electron chi connectivity index (χ3n) is 3.69. The van der Waals surface area contributed by atoms with Gasteiger partial charge >= 0.3 is 0 Å². The summed E-state index contributed by atoms with van der Waals surface area (Å²) in [6.45, 7) is 4.56. The minimum atomic E-state index is -0.195. The molecule has 0 saturated carbocycles. The summed E-state index contributed by atoms with van der Waals surface area (Å²) < 4.78 is 13.5. The number of aliphatic hydroxyl groups is 1. The van der Waals surface area contributed by atoms with Gasteiger partial charge in [0.25, 0.3) is 0 Å². The molecule has 1 saturated heterocycles. The predicted molar refractivity (Wildman–Crippen MR) is 71.2 cm³/mol. The lowest BCUT2D eigenvalue weighted by molar-refractivity contribution is 0.127. The van der Waals surface area contributed by atoms with Crippen molar-refractivity contribution in [2.75, 3.05) is 19.7 Å². The molecule has 1 heterocycles. The minimum Gasteiger partial charge on any atom is -0.396 e. The molecule has 4 heteroatoms. The first-order valence-corrected chi connectivity index (χ1v) is 6.75. The van der Waals surface area contributed by atoms with Gasteiger partial charge < -0.3 is 5.11 Å². The Morgan fingerprint density at radius 1 is 1.39 bits per heavy atom. The van der Waals surface area contributed by atoms with E-state index in [0.717, 1.165) is 31.5 Å². The van der Waals surface area contributed by atoms with E-state index in [1.54, 1.807) is 13.0 Å². The highest BCUT2D eigenvalue weighted by atomic mass is 35.5. The Balaban J connectivity index is 2.00. The van der Waals surface area contributed by atoms with E-state index in [0.29, 0.717) is 23.0 Å². The van der Waals surface area contributed by atoms with Gasteiger partial charge in [0.2, 0.25) is 0 Å². The SMILES string of the molecule is Cc1cc(Cl)c(CN2CCC(CO)CC2)cc1F. The zero-order valence-corrected chi connectivity index (χ0v) is 11.4. The van der Waals surface area contributed by atoms with E-state index < -0.39 is 0 Å². The molecule has 0 aliphatic carbocycles. The van der Waals surface area contributed by atoms with Crippen LogP contribution in [0.4, 0.5) is 4.39 Å². The smallest absolute Gasteiger partial charge is 0.126 e. The maximum atomic E-state index is 13.5. The van der Waals surface area contributed by atoms with Gasteiger partial charge in [-0.25, -0.2) is 4.39 Å². The van der Waals surface area contributed by atoms with Gasteiger partial charge in [0, 0.05) is 18.2 Å². The van der Waals surface area contributed by atoms with Crippen molar-refractivity contribution in [2.45, 2.75) is 26.3 Å². The van der Waals surface area contributed by atoms with Crippen molar-refractivity contribution in [1.29, 1.82) is 0 Å². The number of likely N-dealkylation sites (tertiary alicyclic amines) is 1. The average molecular weight is 272 g/mol. The molecule has 2 rings (SSSR count). The van der Waals surface area contributed by atoms with Crippen LogP contribution in [0.15, 0.2) is 12.1 Å². The van der Waals surface area contributed by atoms with Crippen LogP contribution in [0.5, 0.6) is 0 Å². The fourth-order valence-corrected chi connectivity index (χ4v) is 2.65. The van der Waals surface area contributed by atoms with E-state index in [-0.39, 0.29) is 12.4 Å². The highest BCUT2D eigenvalue weighted by Gasteiger charge is 2.19. The number of hydrogen-bond acceptors (Lipinski definition) is 2. The molecule has 2 nitrogen and oxygen atoms in total. The molecule has 1 aliphatic rings. The maximum absolute atomic E-state index is 13.5. The summed E-state index contributed by atoms with van der Waals surface area (Å²) in [7, 11) is 0. The number of halogens is 2. The average Bonchev–Trinajstić information content (AvgIpc) is 2.37. The molecule has 0 spiro atoms. The highest BCUT2D eigenvalue weighted by Crippen LogP contribution is 2.24. The summed E-state index contributed by atoms with van der Waals surface area (Å²) >= 11 is 6.14. The van der Waals surface area contributed by atoms with E-state index in [9.17, 15) is 4.39 Å². The van der Waals surface area contributed by atoms with Gasteiger partial charge in [-0.2, -0.15) is 0 Å². The summed E-state index contributed by atoms with van der Waals surface area (Å²) in [6.07, 6.45) is 2.00. The second kappa shape index (κ2) is 6.00. The van der Waals surface area contributed by atoms with Crippen molar-refractivity contribution in [3.8, 4) is 0 Å². The van der Waals surface area contributed by atoms with Crippen LogP contribution in [0.25, 0.3) is 0 Å². The van der Waals surface area contributed by atoms with E-state index in [1.165, 1.54) is 6.07 Å². The Morgan fingerprint density at radius 3 is 2.67 bits per heavy atom. The van der Waals surface area contributed by atoms with Gasteiger partial charge in [0.1, 0.15) is 5.82 Å². The molecule has 1 aromatic rings. The number of piperidine rings is 1. The van der Waals surface area contributed by atoms with Crippen molar-refractivity contribution in [2.24, 2.45) is 5.92 Å². The van der Waals surface area contributed by atoms with Crippen LogP contribution in [-0.4, -0.2) is 29.7 Å². The van der Waals surface area contributed by atoms with E-state index in [1.807, 2.05) is 0 Å². The monoisotopic (exact) mass is 271 g/mol. The molecular weight excluding hydrogens is 253 g/mol. The lowest BCUT2D eigenvalue weighted by Crippen LogP contribution is -2.34. The van der Waals surface area contributed by atoms with Gasteiger partial charge in [0.15, 0.2) is 0 Å². The molecule has 0 atom stereocenters. The van der Waals surface area contributed by atoms with E-state index in [4.69, 9.17) is 16.7 Å². The molecule has 100 valence electrons. The summed E-state index contributed by atoms with van der Waals surface area (Å²) in [5, 5.41) is 9.73. The number of rotatable bonds is 3. The fourth-order valence-electron chi connectivity index (χ4n) is 2.38. The van der Waals surface area contributed by atoms with Crippen LogP contribution < -0.4 is 0 Å². The zero-order valence-electron chi connectivity index (χ0n) is 10.6. The van der Waals surface area contributed by atoms with E-state index >= 15 is 0 Å². The lowest BCUT2D eigenvalue weighted by Gasteiger charge is -2.31. The van der Waals surface area contributed by atoms with Crippen molar-refractivity contribution in [1.82, 2.24) is 4.90 Å². The van der Waals surface area contributed by atoms with Gasteiger partial charge in [0.05, 0.1) is 0 Å². The third kappa shape index (κ3) is 3.22. The van der Waals surface area contributed by atoms with Crippen molar-refractivity contribution in [3.63, 3.8) is 0 Å². The Labute approximate surface area is 112 Å². The van der Waals surface area contributed by atoms with E-state index in [2.05, 4.69) is 4.90 Å². The van der Waals surface area contributed by atoms with Gasteiger partial charge in [-0.3, -0.25) is 4.90 Å². The van der Waals surface area contributed by atoms with Gasteiger partial charge in [-0.05, 0) is 62.0 Å². The second-order valence-electron chi connectivity index (χ2n) is 5.09. The number of hydrogen-bond donors (Lipinski definition) is 1. The zero-order chi connectivity index (χ0) is 13.1. The fraction of sp³-hybridized carbons (Fsp3) is 0.571. The van der Waals surface area contributed by atoms with Crippen molar-refractivity contribution < 1.29 is 9.50 Å². The molecular formula is C14H19ClFNO. The molecule has 1 aliphatic heterocycles. The number of benzene rings is 1. The van der Waals surface area contributed by atoms with Gasteiger partial charge in [-0.15, -0.1) is 0 Å². The van der Waals surface area contributed by atoms with Crippen LogP contribution in [0.3, 0.4) is 0 Å². The Hall–Kier alpha value is -0.640. The highest BCUT2D eigenvalue weighted by molar-refractivity contribution is 6.31. The molecule has 18 heavy (non-hydrogen) atoms. The van der Waals surface area contributed by atoms with Crippen LogP contribution in [-0.2, 0) is 6.54 Å². The van der Waals surface area contributed by atoms with Crippen LogP contribution in [0.2, 0.25) is 5.02 Å². The third-order valence-corrected chi connectivity index (χ3v) is 4.04. The first kappa shape index (κ1) is 13.8. The summed E-state index contributed by atoms with van der Waals surface area (Å²) in [5.74, 6) is 0.228. The standard InChI is InChI=1S/C14H19ClFNO/c1-10-6-13(15)12(7-14(10)16)8-17-4-2-11(9-18)3-5-17/h6-7,11,18H,2-5,8-9H2,1H3. The predicted octanol–water partition coefficient (Wildman–Crippen LogP) is 2.99. The quantitative estimate of drug-likeness (QED) is 0.914. The van der Waals surface area contributed by atoms with Crippen molar-refractivity contribution >= 4 is 11.6 Å². The Morgan fingerprint density at radius 2 is 2.06 bits per heavy atom. The van der Waals surface area contributed by atoms with Gasteiger partial charge in [-0.1, -0.05) is 11.6 Å². The summed E-state index contributed by atoms with van der Waals surface area (Å²) in [6, 6.07) is 3.22. The first-order chi connectivity index (χ1) is 8.60. The minimum absolute atomic E-state index is 0.195. The molecule has 0 unspecified atom stereocenters. The molecule has 1 fully saturated rings. The topological polar surface area (TPSA) is 23.5 Å². The summed E-state index contributed by atoms with van der Waals surface area (Å²) in [5.41, 5.74) is 1.44. The Kier molecular flexibility index (Phi) is 4.60. The van der Waals surface area contributed by atoms with Crippen molar-refractivity contribution in [3.05, 3.63) is 34.1 Å².